The number of rotatable bonds is 1. The molecule has 0 radical (unpaired) electrons. The van der Waals surface area contributed by atoms with Gasteiger partial charge in [-0.3, -0.25) is 9.88 Å². The Kier molecular flexibility index (Phi) is 6.03. The minimum atomic E-state index is -0.477. The predicted molar refractivity (Wildman–Crippen MR) is 119 cm³/mol. The van der Waals surface area contributed by atoms with E-state index >= 15 is 0 Å². The van der Waals surface area contributed by atoms with Crippen LogP contribution in [0.15, 0.2) is 36.5 Å². The molecule has 1 atom stereocenters. The summed E-state index contributed by atoms with van der Waals surface area (Å²) in [7, 11) is 0. The average Bonchev–Trinajstić information content (AvgIpc) is 2.68. The molecule has 2 aliphatic rings. The number of halogens is 1. The number of piperazine rings is 1. The van der Waals surface area contributed by atoms with Crippen LogP contribution in [0.1, 0.15) is 55.6 Å². The maximum Gasteiger partial charge on any atom is 0.410 e. The first-order valence-corrected chi connectivity index (χ1v) is 11.1. The first-order chi connectivity index (χ1) is 14.3. The minimum absolute atomic E-state index is 0.0783. The number of nitrogens with zero attached hydrogens (tertiary/aromatic N) is 3. The summed E-state index contributed by atoms with van der Waals surface area (Å²) in [6.45, 7) is 8.57. The maximum atomic E-state index is 12.5. The number of benzene rings is 1. The number of carbonyl (C=O) groups is 1. The standard InChI is InChI=1S/C24H30ClN3O2/c1-24(2,3)30-23(29)28-13-11-27(12-14-28)22-20-10-5-4-7-17(20)8-6-9-18-15-19(25)16-26-21(18)22/h4-5,7,10,15-16,22H,6,8-9,11-14H2,1-3H3. The average molecular weight is 428 g/mol. The topological polar surface area (TPSA) is 45.7 Å². The van der Waals surface area contributed by atoms with Crippen LogP contribution >= 0.6 is 11.6 Å². The highest BCUT2D eigenvalue weighted by Crippen LogP contribution is 2.36. The number of aromatic nitrogens is 1. The lowest BCUT2D eigenvalue weighted by Gasteiger charge is -2.41. The van der Waals surface area contributed by atoms with Crippen LogP contribution in [0.5, 0.6) is 0 Å². The van der Waals surface area contributed by atoms with Crippen molar-refractivity contribution in [3.8, 4) is 0 Å². The van der Waals surface area contributed by atoms with Gasteiger partial charge in [-0.15, -0.1) is 0 Å². The normalized spacial score (nSPS) is 20.0. The molecule has 2 heterocycles. The number of carbonyl (C=O) groups excluding carboxylic acids is 1. The fraction of sp³-hybridized carbons (Fsp3) is 0.500. The SMILES string of the molecule is CC(C)(C)OC(=O)N1CCN(C2c3ccccc3CCCc3cc(Cl)cnc32)CC1. The Morgan fingerprint density at radius 3 is 2.53 bits per heavy atom. The highest BCUT2D eigenvalue weighted by molar-refractivity contribution is 6.30. The van der Waals surface area contributed by atoms with E-state index in [1.807, 2.05) is 25.7 Å². The van der Waals surface area contributed by atoms with Gasteiger partial charge in [-0.1, -0.05) is 35.9 Å². The number of hydrogen-bond acceptors (Lipinski definition) is 4. The van der Waals surface area contributed by atoms with Crippen LogP contribution in [0.25, 0.3) is 0 Å². The van der Waals surface area contributed by atoms with Crippen molar-refractivity contribution in [2.45, 2.75) is 51.7 Å². The molecule has 1 saturated heterocycles. The largest absolute Gasteiger partial charge is 0.444 e. The Hall–Kier alpha value is -2.11. The lowest BCUT2D eigenvalue weighted by Crippen LogP contribution is -2.51. The fourth-order valence-corrected chi connectivity index (χ4v) is 4.62. The summed E-state index contributed by atoms with van der Waals surface area (Å²) in [5.41, 5.74) is 4.56. The van der Waals surface area contributed by atoms with Crippen LogP contribution in [0, 0.1) is 0 Å². The van der Waals surface area contributed by atoms with Crippen molar-refractivity contribution < 1.29 is 9.53 Å². The Morgan fingerprint density at radius 2 is 1.80 bits per heavy atom. The Labute approximate surface area is 184 Å². The molecule has 0 N–H and O–H groups in total. The van der Waals surface area contributed by atoms with E-state index in [1.165, 1.54) is 16.7 Å². The zero-order valence-corrected chi connectivity index (χ0v) is 18.8. The summed E-state index contributed by atoms with van der Waals surface area (Å²) in [4.78, 5) is 21.6. The smallest absolute Gasteiger partial charge is 0.410 e. The second-order valence-electron chi connectivity index (χ2n) is 9.16. The molecule has 1 aromatic carbocycles. The first kappa shape index (κ1) is 21.1. The molecule has 4 rings (SSSR count). The number of ether oxygens (including phenoxy) is 1. The van der Waals surface area contributed by atoms with E-state index < -0.39 is 5.60 Å². The zero-order valence-electron chi connectivity index (χ0n) is 18.0. The maximum absolute atomic E-state index is 12.5. The summed E-state index contributed by atoms with van der Waals surface area (Å²) in [6, 6.07) is 10.8. The van der Waals surface area contributed by atoms with Crippen LogP contribution in [0.2, 0.25) is 5.02 Å². The zero-order chi connectivity index (χ0) is 21.3. The van der Waals surface area contributed by atoms with Crippen molar-refractivity contribution in [1.29, 1.82) is 0 Å². The van der Waals surface area contributed by atoms with Gasteiger partial charge in [-0.2, -0.15) is 0 Å². The van der Waals surface area contributed by atoms with Gasteiger partial charge in [-0.25, -0.2) is 4.79 Å². The van der Waals surface area contributed by atoms with Crippen molar-refractivity contribution in [3.63, 3.8) is 0 Å². The molecule has 30 heavy (non-hydrogen) atoms. The third-order valence-electron chi connectivity index (χ3n) is 5.80. The summed E-state index contributed by atoms with van der Waals surface area (Å²) in [6.07, 6.45) is 4.65. The molecule has 160 valence electrons. The van der Waals surface area contributed by atoms with E-state index in [4.69, 9.17) is 21.3 Å². The van der Waals surface area contributed by atoms with Gasteiger partial charge >= 0.3 is 6.09 Å². The third kappa shape index (κ3) is 4.62. The molecule has 0 spiro atoms. The molecule has 1 aromatic heterocycles. The van der Waals surface area contributed by atoms with Gasteiger partial charge in [0, 0.05) is 32.4 Å². The van der Waals surface area contributed by atoms with E-state index in [0.29, 0.717) is 18.1 Å². The van der Waals surface area contributed by atoms with E-state index in [9.17, 15) is 4.79 Å². The van der Waals surface area contributed by atoms with E-state index in [-0.39, 0.29) is 12.1 Å². The molecule has 1 aliphatic heterocycles. The molecular formula is C24H30ClN3O2. The van der Waals surface area contributed by atoms with Crippen molar-refractivity contribution in [2.75, 3.05) is 26.2 Å². The summed E-state index contributed by atoms with van der Waals surface area (Å²) in [5, 5.41) is 0.691. The third-order valence-corrected chi connectivity index (χ3v) is 6.01. The quantitative estimate of drug-likeness (QED) is 0.651. The van der Waals surface area contributed by atoms with Gasteiger partial charge in [0.15, 0.2) is 0 Å². The Balaban J connectivity index is 1.62. The van der Waals surface area contributed by atoms with Gasteiger partial charge in [0.25, 0.3) is 0 Å². The van der Waals surface area contributed by atoms with Gasteiger partial charge in [0.2, 0.25) is 0 Å². The van der Waals surface area contributed by atoms with Gasteiger partial charge in [0.1, 0.15) is 5.60 Å². The van der Waals surface area contributed by atoms with Crippen molar-refractivity contribution >= 4 is 17.7 Å². The molecule has 6 heteroatoms. The predicted octanol–water partition coefficient (Wildman–Crippen LogP) is 4.87. The lowest BCUT2D eigenvalue weighted by molar-refractivity contribution is 0.0117. The second kappa shape index (κ2) is 8.56. The van der Waals surface area contributed by atoms with E-state index in [0.717, 1.165) is 38.0 Å². The van der Waals surface area contributed by atoms with Crippen LogP contribution < -0.4 is 0 Å². The van der Waals surface area contributed by atoms with Gasteiger partial charge < -0.3 is 9.64 Å². The highest BCUT2D eigenvalue weighted by Gasteiger charge is 2.33. The molecule has 0 saturated carbocycles. The molecule has 2 aromatic rings. The van der Waals surface area contributed by atoms with Crippen LogP contribution in [-0.2, 0) is 17.6 Å². The van der Waals surface area contributed by atoms with Crippen LogP contribution in [0.3, 0.4) is 0 Å². The monoisotopic (exact) mass is 427 g/mol. The number of hydrogen-bond donors (Lipinski definition) is 0. The minimum Gasteiger partial charge on any atom is -0.444 e. The summed E-state index contributed by atoms with van der Waals surface area (Å²) in [5.74, 6) is 0. The number of aryl methyl sites for hydroxylation is 2. The van der Waals surface area contributed by atoms with Crippen LogP contribution in [0.4, 0.5) is 4.79 Å². The molecule has 0 bridgehead atoms. The molecule has 1 aliphatic carbocycles. The lowest BCUT2D eigenvalue weighted by atomic mass is 9.87. The van der Waals surface area contributed by atoms with Gasteiger partial charge in [-0.05, 0) is 62.8 Å². The van der Waals surface area contributed by atoms with Crippen molar-refractivity contribution in [1.82, 2.24) is 14.8 Å². The molecular weight excluding hydrogens is 398 g/mol. The Morgan fingerprint density at radius 1 is 1.10 bits per heavy atom. The summed E-state index contributed by atoms with van der Waals surface area (Å²) < 4.78 is 5.56. The highest BCUT2D eigenvalue weighted by atomic mass is 35.5. The Bertz CT molecular complexity index is 917. The molecule has 1 unspecified atom stereocenters. The van der Waals surface area contributed by atoms with E-state index in [2.05, 4.69) is 35.2 Å². The van der Waals surface area contributed by atoms with Crippen LogP contribution in [-0.4, -0.2) is 52.7 Å². The first-order valence-electron chi connectivity index (χ1n) is 10.8. The van der Waals surface area contributed by atoms with E-state index in [1.54, 1.807) is 6.20 Å². The molecule has 1 fully saturated rings. The van der Waals surface area contributed by atoms with Gasteiger partial charge in [0.05, 0.1) is 16.8 Å². The summed E-state index contributed by atoms with van der Waals surface area (Å²) >= 11 is 6.28. The number of pyridine rings is 1. The molecule has 5 nitrogen and oxygen atoms in total. The number of amides is 1. The molecule has 1 amide bonds. The second-order valence-corrected chi connectivity index (χ2v) is 9.59. The fourth-order valence-electron chi connectivity index (χ4n) is 4.44. The number of fused-ring (bicyclic) bond motifs is 2. The van der Waals surface area contributed by atoms with Crippen molar-refractivity contribution in [2.24, 2.45) is 0 Å². The van der Waals surface area contributed by atoms with Crippen molar-refractivity contribution in [3.05, 3.63) is 63.9 Å².